The van der Waals surface area contributed by atoms with Gasteiger partial charge in [0.1, 0.15) is 0 Å². The Hall–Kier alpha value is -3.42. The van der Waals surface area contributed by atoms with Crippen molar-refractivity contribution in [3.8, 4) is 17.3 Å². The van der Waals surface area contributed by atoms with Crippen LogP contribution in [0.1, 0.15) is 12.6 Å². The quantitative estimate of drug-likeness (QED) is 0.633. The third-order valence-electron chi connectivity index (χ3n) is 3.34. The highest BCUT2D eigenvalue weighted by atomic mass is 16.5. The van der Waals surface area contributed by atoms with E-state index in [1.807, 2.05) is 6.92 Å². The number of anilines is 1. The van der Waals surface area contributed by atoms with Crippen LogP contribution in [-0.4, -0.2) is 32.7 Å². The molecule has 1 aromatic carbocycles. The molecule has 0 unspecified atom stereocenters. The maximum atomic E-state index is 12.2. The summed E-state index contributed by atoms with van der Waals surface area (Å²) in [5.41, 5.74) is 1.53. The van der Waals surface area contributed by atoms with Crippen LogP contribution in [0.2, 0.25) is 0 Å². The van der Waals surface area contributed by atoms with E-state index in [1.54, 1.807) is 42.5 Å². The molecular formula is C17H17N5O3. The monoisotopic (exact) mass is 339 g/mol. The van der Waals surface area contributed by atoms with E-state index in [-0.39, 0.29) is 18.0 Å². The maximum absolute atomic E-state index is 12.2. The van der Waals surface area contributed by atoms with E-state index in [2.05, 4.69) is 25.5 Å². The molecule has 0 aliphatic carbocycles. The van der Waals surface area contributed by atoms with Crippen molar-refractivity contribution in [2.45, 2.75) is 13.3 Å². The minimum absolute atomic E-state index is 0.129. The molecule has 0 aliphatic rings. The van der Waals surface area contributed by atoms with E-state index >= 15 is 0 Å². The number of nitrogens with zero attached hydrogens (tertiary/aromatic N) is 2. The molecule has 8 nitrogen and oxygen atoms in total. The molecule has 0 fully saturated rings. The summed E-state index contributed by atoms with van der Waals surface area (Å²) in [6, 6.07) is 12.4. The average molecular weight is 339 g/mol. The normalized spacial score (nSPS) is 10.4. The summed E-state index contributed by atoms with van der Waals surface area (Å²) in [4.78, 5) is 30.2. The van der Waals surface area contributed by atoms with Crippen LogP contribution >= 0.6 is 0 Å². The summed E-state index contributed by atoms with van der Waals surface area (Å²) in [5, 5.41) is 8.99. The number of carbonyl (C=O) groups excluding carboxylic acids is 1. The van der Waals surface area contributed by atoms with E-state index in [1.165, 1.54) is 0 Å². The fraction of sp³-hybridized carbons (Fsp3) is 0.176. The summed E-state index contributed by atoms with van der Waals surface area (Å²) in [6.07, 6.45) is 0.129. The van der Waals surface area contributed by atoms with Crippen LogP contribution in [0.15, 0.2) is 47.3 Å². The Balaban J connectivity index is 1.69. The Bertz CT molecular complexity index is 932. The van der Waals surface area contributed by atoms with Crippen LogP contribution < -0.4 is 15.7 Å². The number of rotatable bonds is 6. The van der Waals surface area contributed by atoms with Crippen molar-refractivity contribution in [2.75, 3.05) is 11.9 Å². The van der Waals surface area contributed by atoms with Crippen molar-refractivity contribution in [3.05, 3.63) is 58.6 Å². The summed E-state index contributed by atoms with van der Waals surface area (Å²) in [7, 11) is 0. The molecule has 0 bridgehead atoms. The molecule has 2 heterocycles. The number of amides is 1. The van der Waals surface area contributed by atoms with Crippen LogP contribution in [0.4, 0.5) is 5.69 Å². The van der Waals surface area contributed by atoms with Gasteiger partial charge in [-0.25, -0.2) is 14.9 Å². The summed E-state index contributed by atoms with van der Waals surface area (Å²) >= 11 is 0. The van der Waals surface area contributed by atoms with E-state index < -0.39 is 0 Å². The first-order valence-corrected chi connectivity index (χ1v) is 7.78. The number of benzene rings is 1. The van der Waals surface area contributed by atoms with Gasteiger partial charge in [-0.3, -0.25) is 9.78 Å². The third-order valence-corrected chi connectivity index (χ3v) is 3.34. The third kappa shape index (κ3) is 4.31. The summed E-state index contributed by atoms with van der Waals surface area (Å²) in [6.45, 7) is 2.39. The van der Waals surface area contributed by atoms with Crippen LogP contribution in [0.25, 0.3) is 11.4 Å². The molecule has 0 spiro atoms. The lowest BCUT2D eigenvalue weighted by Crippen LogP contribution is -2.15. The number of aromatic nitrogens is 4. The number of nitrogens with one attached hydrogen (secondary N) is 3. The van der Waals surface area contributed by atoms with Crippen molar-refractivity contribution in [3.63, 3.8) is 0 Å². The van der Waals surface area contributed by atoms with Crippen molar-refractivity contribution >= 4 is 11.6 Å². The van der Waals surface area contributed by atoms with Crippen LogP contribution in [0.5, 0.6) is 5.88 Å². The first kappa shape index (κ1) is 16.4. The van der Waals surface area contributed by atoms with Gasteiger partial charge in [0.15, 0.2) is 5.82 Å². The molecule has 0 atom stereocenters. The number of carbonyl (C=O) groups is 1. The molecule has 0 radical (unpaired) electrons. The molecule has 3 N–H and O–H groups in total. The molecule has 8 heteroatoms. The van der Waals surface area contributed by atoms with Gasteiger partial charge in [0.2, 0.25) is 11.8 Å². The number of aromatic amines is 2. The van der Waals surface area contributed by atoms with Crippen molar-refractivity contribution in [2.24, 2.45) is 0 Å². The zero-order chi connectivity index (χ0) is 17.6. The fourth-order valence-electron chi connectivity index (χ4n) is 2.31. The Labute approximate surface area is 143 Å². The minimum Gasteiger partial charge on any atom is -0.478 e. The van der Waals surface area contributed by atoms with Crippen LogP contribution in [0, 0.1) is 0 Å². The van der Waals surface area contributed by atoms with Gasteiger partial charge in [-0.1, -0.05) is 18.2 Å². The highest BCUT2D eigenvalue weighted by Gasteiger charge is 2.08. The first-order valence-electron chi connectivity index (χ1n) is 7.78. The lowest BCUT2D eigenvalue weighted by Gasteiger charge is -2.07. The second-order valence-corrected chi connectivity index (χ2v) is 5.23. The topological polar surface area (TPSA) is 113 Å². The highest BCUT2D eigenvalue weighted by Crippen LogP contribution is 2.18. The van der Waals surface area contributed by atoms with Gasteiger partial charge >= 0.3 is 5.69 Å². The van der Waals surface area contributed by atoms with E-state index in [9.17, 15) is 9.59 Å². The standard InChI is InChI=1S/C17H17N5O3/c1-2-25-15-8-4-7-13(19-15)10-14(23)18-12-6-3-5-11(9-12)16-20-17(24)22-21-16/h3-9H,2,10H2,1H3,(H,18,23)(H2,20,21,22,24). The van der Waals surface area contributed by atoms with Crippen LogP contribution in [-0.2, 0) is 11.2 Å². The highest BCUT2D eigenvalue weighted by molar-refractivity contribution is 5.92. The van der Waals surface area contributed by atoms with E-state index in [4.69, 9.17) is 4.74 Å². The van der Waals surface area contributed by atoms with Crippen molar-refractivity contribution < 1.29 is 9.53 Å². The summed E-state index contributed by atoms with van der Waals surface area (Å²) < 4.78 is 5.33. The van der Waals surface area contributed by atoms with Gasteiger partial charge < -0.3 is 10.1 Å². The molecule has 128 valence electrons. The second kappa shape index (κ2) is 7.43. The number of hydrogen-bond acceptors (Lipinski definition) is 5. The van der Waals surface area contributed by atoms with Gasteiger partial charge in [0.25, 0.3) is 0 Å². The smallest absolute Gasteiger partial charge is 0.340 e. The zero-order valence-corrected chi connectivity index (χ0v) is 13.6. The van der Waals surface area contributed by atoms with Gasteiger partial charge in [-0.05, 0) is 25.1 Å². The molecule has 0 saturated heterocycles. The van der Waals surface area contributed by atoms with E-state index in [0.29, 0.717) is 35.3 Å². The van der Waals surface area contributed by atoms with Crippen molar-refractivity contribution in [1.82, 2.24) is 20.2 Å². The molecule has 3 aromatic rings. The largest absolute Gasteiger partial charge is 0.478 e. The Morgan fingerprint density at radius 2 is 2.08 bits per heavy atom. The summed E-state index contributed by atoms with van der Waals surface area (Å²) in [5.74, 6) is 0.707. The van der Waals surface area contributed by atoms with Gasteiger partial charge in [-0.15, -0.1) is 0 Å². The minimum atomic E-state index is -0.385. The number of pyridine rings is 1. The first-order chi connectivity index (χ1) is 12.1. The van der Waals surface area contributed by atoms with Gasteiger partial charge in [-0.2, -0.15) is 5.10 Å². The second-order valence-electron chi connectivity index (χ2n) is 5.23. The Kier molecular flexibility index (Phi) is 4.89. The predicted octanol–water partition coefficient (Wildman–Crippen LogP) is 1.74. The predicted molar refractivity (Wildman–Crippen MR) is 92.4 cm³/mol. The zero-order valence-electron chi connectivity index (χ0n) is 13.6. The lowest BCUT2D eigenvalue weighted by molar-refractivity contribution is -0.115. The number of ether oxygens (including phenoxy) is 1. The van der Waals surface area contributed by atoms with Gasteiger partial charge in [0.05, 0.1) is 18.7 Å². The van der Waals surface area contributed by atoms with Gasteiger partial charge in [0, 0.05) is 17.3 Å². The molecule has 2 aromatic heterocycles. The molecule has 0 saturated carbocycles. The molecule has 3 rings (SSSR count). The fourth-order valence-corrected chi connectivity index (χ4v) is 2.31. The van der Waals surface area contributed by atoms with Crippen molar-refractivity contribution in [1.29, 1.82) is 0 Å². The van der Waals surface area contributed by atoms with Crippen LogP contribution in [0.3, 0.4) is 0 Å². The SMILES string of the molecule is CCOc1cccc(CC(=O)Nc2cccc(-c3n[nH]c(=O)[nH]3)c2)n1. The number of hydrogen-bond donors (Lipinski definition) is 3. The lowest BCUT2D eigenvalue weighted by atomic mass is 10.2. The maximum Gasteiger partial charge on any atom is 0.340 e. The molecular weight excluding hydrogens is 322 g/mol. The Morgan fingerprint density at radius 3 is 2.84 bits per heavy atom. The van der Waals surface area contributed by atoms with E-state index in [0.717, 1.165) is 0 Å². The molecule has 25 heavy (non-hydrogen) atoms. The molecule has 1 amide bonds. The number of H-pyrrole nitrogens is 2. The molecule has 0 aliphatic heterocycles. The Morgan fingerprint density at radius 1 is 1.24 bits per heavy atom. The average Bonchev–Trinajstić information content (AvgIpc) is 3.02.